The summed E-state index contributed by atoms with van der Waals surface area (Å²) in [6, 6.07) is 10.1. The molecule has 3 rings (SSSR count). The zero-order valence-electron chi connectivity index (χ0n) is 13.9. The fraction of sp³-hybridized carbons (Fsp3) is 0.111. The Morgan fingerprint density at radius 1 is 1.22 bits per heavy atom. The van der Waals surface area contributed by atoms with Gasteiger partial charge in [0, 0.05) is 23.1 Å². The van der Waals surface area contributed by atoms with E-state index in [-0.39, 0.29) is 23.5 Å². The van der Waals surface area contributed by atoms with Crippen molar-refractivity contribution < 1.29 is 28.8 Å². The lowest BCUT2D eigenvalue weighted by Gasteiger charge is -2.07. The van der Waals surface area contributed by atoms with Gasteiger partial charge in [0.2, 0.25) is 0 Å². The number of phenols is 1. The number of amides is 1. The monoisotopic (exact) mass is 370 g/mol. The molecule has 9 heteroatoms. The number of hydrogen-bond donors (Lipinski definition) is 2. The second-order valence-corrected chi connectivity index (χ2v) is 5.60. The Morgan fingerprint density at radius 2 is 2.00 bits per heavy atom. The summed E-state index contributed by atoms with van der Waals surface area (Å²) >= 11 is 0. The number of esters is 1. The molecule has 0 radical (unpaired) electrons. The molecule has 2 N–H and O–H groups in total. The first-order valence-electron chi connectivity index (χ1n) is 7.82. The molecule has 27 heavy (non-hydrogen) atoms. The number of carbonyl (C=O) groups is 2. The molecule has 0 saturated carbocycles. The van der Waals surface area contributed by atoms with E-state index in [1.807, 2.05) is 0 Å². The number of fused-ring (bicyclic) bond motifs is 1. The van der Waals surface area contributed by atoms with Gasteiger partial charge < -0.3 is 19.6 Å². The van der Waals surface area contributed by atoms with Gasteiger partial charge in [-0.25, -0.2) is 0 Å². The van der Waals surface area contributed by atoms with Crippen molar-refractivity contribution in [1.82, 2.24) is 0 Å². The molecule has 0 saturated heterocycles. The van der Waals surface area contributed by atoms with Gasteiger partial charge in [-0.1, -0.05) is 12.1 Å². The topological polar surface area (TPSA) is 132 Å². The summed E-state index contributed by atoms with van der Waals surface area (Å²) in [6.07, 6.45) is 1.25. The Morgan fingerprint density at radius 3 is 2.78 bits per heavy atom. The second-order valence-electron chi connectivity index (χ2n) is 5.60. The van der Waals surface area contributed by atoms with E-state index in [1.165, 1.54) is 42.7 Å². The highest BCUT2D eigenvalue weighted by atomic mass is 16.6. The predicted molar refractivity (Wildman–Crippen MR) is 94.3 cm³/mol. The minimum absolute atomic E-state index is 0.0178. The zero-order chi connectivity index (χ0) is 19.4. The quantitative estimate of drug-likeness (QED) is 0.387. The lowest BCUT2D eigenvalue weighted by atomic mass is 10.1. The van der Waals surface area contributed by atoms with Crippen LogP contribution in [0.2, 0.25) is 0 Å². The number of aromatic hydroxyl groups is 1. The normalized spacial score (nSPS) is 10.5. The number of para-hydroxylation sites is 2. The van der Waals surface area contributed by atoms with Crippen molar-refractivity contribution in [2.24, 2.45) is 0 Å². The minimum atomic E-state index is -0.695. The van der Waals surface area contributed by atoms with E-state index in [1.54, 1.807) is 6.07 Å². The van der Waals surface area contributed by atoms with Crippen molar-refractivity contribution in [3.05, 3.63) is 64.4 Å². The van der Waals surface area contributed by atoms with E-state index < -0.39 is 23.4 Å². The van der Waals surface area contributed by atoms with E-state index >= 15 is 0 Å². The molecule has 0 atom stereocenters. The number of nitrogens with zero attached hydrogens (tertiary/aromatic N) is 1. The molecule has 9 nitrogen and oxygen atoms in total. The maximum Gasteiger partial charge on any atom is 0.310 e. The van der Waals surface area contributed by atoms with E-state index in [0.29, 0.717) is 16.5 Å². The maximum absolute atomic E-state index is 12.0. The van der Waals surface area contributed by atoms with Crippen molar-refractivity contribution in [1.29, 1.82) is 0 Å². The smallest absolute Gasteiger partial charge is 0.310 e. The lowest BCUT2D eigenvalue weighted by Crippen LogP contribution is -2.22. The van der Waals surface area contributed by atoms with Crippen LogP contribution in [0.25, 0.3) is 11.0 Å². The number of nitro groups is 1. The lowest BCUT2D eigenvalue weighted by molar-refractivity contribution is -0.383. The van der Waals surface area contributed by atoms with Crippen molar-refractivity contribution in [2.75, 3.05) is 11.9 Å². The largest absolute Gasteiger partial charge is 0.508 e. The van der Waals surface area contributed by atoms with Gasteiger partial charge in [-0.2, -0.15) is 0 Å². The predicted octanol–water partition coefficient (Wildman–Crippen LogP) is 2.77. The highest BCUT2D eigenvalue weighted by Crippen LogP contribution is 2.25. The highest BCUT2D eigenvalue weighted by Gasteiger charge is 2.17. The van der Waals surface area contributed by atoms with E-state index in [9.17, 15) is 24.8 Å². The molecule has 0 bridgehead atoms. The average molecular weight is 370 g/mol. The Labute approximate surface area is 152 Å². The zero-order valence-corrected chi connectivity index (χ0v) is 13.9. The van der Waals surface area contributed by atoms with E-state index in [4.69, 9.17) is 9.15 Å². The van der Waals surface area contributed by atoms with Crippen LogP contribution in [-0.2, 0) is 20.7 Å². The first kappa shape index (κ1) is 17.9. The van der Waals surface area contributed by atoms with Gasteiger partial charge >= 0.3 is 5.97 Å². The van der Waals surface area contributed by atoms with Gasteiger partial charge in [0.15, 0.2) is 6.61 Å². The van der Waals surface area contributed by atoms with Crippen molar-refractivity contribution in [3.8, 4) is 5.75 Å². The molecule has 2 aromatic carbocycles. The van der Waals surface area contributed by atoms with Gasteiger partial charge in [0.1, 0.15) is 17.0 Å². The number of carbonyl (C=O) groups excluding carboxylic acids is 2. The molecule has 0 aliphatic rings. The maximum atomic E-state index is 12.0. The first-order chi connectivity index (χ1) is 12.9. The van der Waals surface area contributed by atoms with Gasteiger partial charge in [-0.3, -0.25) is 19.7 Å². The number of phenolic OH excluding ortho intramolecular Hbond substituents is 1. The van der Waals surface area contributed by atoms with Crippen LogP contribution >= 0.6 is 0 Å². The number of anilines is 1. The average Bonchev–Trinajstić information content (AvgIpc) is 3.02. The summed E-state index contributed by atoms with van der Waals surface area (Å²) in [7, 11) is 0. The Balaban J connectivity index is 1.57. The summed E-state index contributed by atoms with van der Waals surface area (Å²) in [6.45, 7) is -0.582. The number of furan rings is 1. The van der Waals surface area contributed by atoms with Crippen LogP contribution in [0.3, 0.4) is 0 Å². The van der Waals surface area contributed by atoms with Crippen LogP contribution < -0.4 is 5.32 Å². The molecule has 0 aliphatic heterocycles. The molecule has 0 fully saturated rings. The molecule has 0 unspecified atom stereocenters. The summed E-state index contributed by atoms with van der Waals surface area (Å²) in [4.78, 5) is 34.1. The Hall–Kier alpha value is -3.88. The number of nitro benzene ring substituents is 1. The van der Waals surface area contributed by atoms with Gasteiger partial charge in [-0.05, 0) is 18.2 Å². The standard InChI is InChI=1S/C18H14N2O7/c21-12-5-6-13-11(9-26-16(13)8-12)7-18(23)27-10-17(22)19-14-3-1-2-4-15(14)20(24)25/h1-6,8-9,21H,7,10H2,(H,19,22). The molecule has 3 aromatic rings. The third-order valence-corrected chi connectivity index (χ3v) is 3.71. The minimum Gasteiger partial charge on any atom is -0.508 e. The summed E-state index contributed by atoms with van der Waals surface area (Å²) in [5, 5.41) is 23.3. The summed E-state index contributed by atoms with van der Waals surface area (Å²) in [5.74, 6) is -1.32. The van der Waals surface area contributed by atoms with Crippen LogP contribution in [0.4, 0.5) is 11.4 Å². The number of ether oxygens (including phenoxy) is 1. The SMILES string of the molecule is O=C(COC(=O)Cc1coc2cc(O)ccc12)Nc1ccccc1[N+](=O)[O-]. The highest BCUT2D eigenvalue weighted by molar-refractivity contribution is 5.95. The van der Waals surface area contributed by atoms with Crippen LogP contribution in [0.1, 0.15) is 5.56 Å². The molecular weight excluding hydrogens is 356 g/mol. The van der Waals surface area contributed by atoms with E-state index in [2.05, 4.69) is 5.32 Å². The van der Waals surface area contributed by atoms with Crippen LogP contribution in [0.15, 0.2) is 53.1 Å². The third kappa shape index (κ3) is 4.21. The Bertz CT molecular complexity index is 1030. The first-order valence-corrected chi connectivity index (χ1v) is 7.82. The van der Waals surface area contributed by atoms with Crippen LogP contribution in [0, 0.1) is 10.1 Å². The summed E-state index contributed by atoms with van der Waals surface area (Å²) < 4.78 is 10.2. The molecule has 1 amide bonds. The van der Waals surface area contributed by atoms with Gasteiger partial charge in [0.05, 0.1) is 17.6 Å². The Kier molecular flexibility index (Phi) is 5.02. The number of benzene rings is 2. The van der Waals surface area contributed by atoms with Crippen LogP contribution in [-0.4, -0.2) is 28.5 Å². The van der Waals surface area contributed by atoms with Gasteiger partial charge in [0.25, 0.3) is 11.6 Å². The molecule has 1 aromatic heterocycles. The third-order valence-electron chi connectivity index (χ3n) is 3.71. The van der Waals surface area contributed by atoms with E-state index in [0.717, 1.165) is 0 Å². The molecule has 0 aliphatic carbocycles. The number of hydrogen-bond acceptors (Lipinski definition) is 7. The molecule has 0 spiro atoms. The molecule has 138 valence electrons. The molecule has 1 heterocycles. The van der Waals surface area contributed by atoms with Crippen molar-refractivity contribution in [2.45, 2.75) is 6.42 Å². The fourth-order valence-electron chi connectivity index (χ4n) is 2.49. The molecular formula is C18H14N2O7. The van der Waals surface area contributed by atoms with Gasteiger partial charge in [-0.15, -0.1) is 0 Å². The van der Waals surface area contributed by atoms with Crippen LogP contribution in [0.5, 0.6) is 5.75 Å². The number of nitrogens with one attached hydrogen (secondary N) is 1. The summed E-state index contributed by atoms with van der Waals surface area (Å²) in [5.41, 5.74) is 0.732. The number of rotatable bonds is 6. The van der Waals surface area contributed by atoms with Crippen molar-refractivity contribution in [3.63, 3.8) is 0 Å². The second kappa shape index (κ2) is 7.56. The fourth-order valence-corrected chi connectivity index (χ4v) is 2.49. The van der Waals surface area contributed by atoms with Crippen molar-refractivity contribution >= 4 is 34.2 Å².